The second-order valence-corrected chi connectivity index (χ2v) is 22.7. The summed E-state index contributed by atoms with van der Waals surface area (Å²) in [5.41, 5.74) is 4.19. The molecule has 20 heteroatoms. The summed E-state index contributed by atoms with van der Waals surface area (Å²) in [5.74, 6) is -9.58. The first-order valence-electron chi connectivity index (χ1n) is 28.4. The van der Waals surface area contributed by atoms with E-state index in [0.29, 0.717) is 12.8 Å². The number of benzene rings is 5. The molecule has 0 unspecified atom stereocenters. The number of rotatable bonds is 22. The van der Waals surface area contributed by atoms with E-state index in [1.54, 1.807) is 0 Å². The highest BCUT2D eigenvalue weighted by Gasteiger charge is 2.51. The molecule has 0 aromatic heterocycles. The van der Waals surface area contributed by atoms with Gasteiger partial charge >= 0.3 is 5.97 Å². The smallest absolute Gasteiger partial charge is 0.328 e. The minimum absolute atomic E-state index is 0.0105. The summed E-state index contributed by atoms with van der Waals surface area (Å²) in [5, 5.41) is 35.6. The van der Waals surface area contributed by atoms with Crippen LogP contribution in [0.3, 0.4) is 0 Å². The first kappa shape index (κ1) is 56.0. The predicted molar refractivity (Wildman–Crippen MR) is 300 cm³/mol. The lowest BCUT2D eigenvalue weighted by Crippen LogP contribution is -2.47. The molecule has 0 spiro atoms. The molecule has 5 aromatic carbocycles. The van der Waals surface area contributed by atoms with Crippen LogP contribution in [0.15, 0.2) is 140 Å². The highest BCUT2D eigenvalue weighted by Crippen LogP contribution is 2.45. The first-order valence-corrected chi connectivity index (χ1v) is 28.4. The third kappa shape index (κ3) is 13.1. The van der Waals surface area contributed by atoms with Crippen molar-refractivity contribution in [3.05, 3.63) is 173 Å². The van der Waals surface area contributed by atoms with Crippen LogP contribution in [0.1, 0.15) is 92.3 Å². The van der Waals surface area contributed by atoms with E-state index in [1.165, 1.54) is 28.0 Å². The van der Waals surface area contributed by atoms with Gasteiger partial charge in [0.15, 0.2) is 6.61 Å². The van der Waals surface area contributed by atoms with Gasteiger partial charge in [0.05, 0.1) is 42.4 Å². The summed E-state index contributed by atoms with van der Waals surface area (Å²) in [6.45, 7) is -2.93. The molecule has 4 saturated carbocycles. The largest absolute Gasteiger partial charge is 0.483 e. The maximum atomic E-state index is 15.0. The van der Waals surface area contributed by atoms with Crippen LogP contribution in [-0.2, 0) is 33.6 Å². The molecule has 0 bridgehead atoms. The number of hydrogen-bond donors (Lipinski definition) is 8. The molecule has 2 heterocycles. The Balaban J connectivity index is 0.831. The zero-order valence-electron chi connectivity index (χ0n) is 45.4. The topological polar surface area (TPSA) is 282 Å². The number of nitrogens with zero attached hydrogens (tertiary/aromatic N) is 2. The maximum Gasteiger partial charge on any atom is 0.328 e. The molecule has 2 saturated heterocycles. The van der Waals surface area contributed by atoms with Gasteiger partial charge in [0.25, 0.3) is 17.7 Å². The van der Waals surface area contributed by atoms with E-state index in [4.69, 9.17) is 4.74 Å². The van der Waals surface area contributed by atoms with Crippen molar-refractivity contribution in [2.75, 3.05) is 45.9 Å². The summed E-state index contributed by atoms with van der Waals surface area (Å²) in [4.78, 5) is 127. The lowest BCUT2D eigenvalue weighted by Gasteiger charge is -2.21. The third-order valence-corrected chi connectivity index (χ3v) is 17.0. The number of aliphatic hydroxyl groups is 1. The number of ether oxygens (including phenoxy) is 1. The molecule has 6 fully saturated rings. The van der Waals surface area contributed by atoms with Crippen LogP contribution in [0.5, 0.6) is 5.75 Å². The van der Waals surface area contributed by atoms with Crippen molar-refractivity contribution in [1.82, 2.24) is 41.7 Å². The second kappa shape index (κ2) is 24.3. The van der Waals surface area contributed by atoms with E-state index < -0.39 is 79.1 Å². The van der Waals surface area contributed by atoms with Crippen molar-refractivity contribution in [1.29, 1.82) is 0 Å². The Morgan fingerprint density at radius 2 is 0.843 bits per heavy atom. The molecule has 11 rings (SSSR count). The van der Waals surface area contributed by atoms with Crippen LogP contribution in [0.25, 0.3) is 0 Å². The van der Waals surface area contributed by atoms with Gasteiger partial charge in [-0.3, -0.25) is 38.4 Å². The molecule has 4 aliphatic carbocycles. The van der Waals surface area contributed by atoms with E-state index in [-0.39, 0.29) is 115 Å². The second-order valence-electron chi connectivity index (χ2n) is 22.7. The van der Waals surface area contributed by atoms with Crippen molar-refractivity contribution in [3.8, 4) is 5.75 Å². The van der Waals surface area contributed by atoms with Gasteiger partial charge in [0, 0.05) is 79.6 Å². The molecular formula is C63H66N8O12. The molecule has 0 radical (unpaired) electrons. The molecular weight excluding hydrogens is 1060 g/mol. The summed E-state index contributed by atoms with van der Waals surface area (Å²) < 4.78 is 6.01. The van der Waals surface area contributed by atoms with Gasteiger partial charge < -0.3 is 56.7 Å². The van der Waals surface area contributed by atoms with E-state index in [1.807, 2.05) is 121 Å². The average molecular weight is 1130 g/mol. The summed E-state index contributed by atoms with van der Waals surface area (Å²) >= 11 is 0. The Morgan fingerprint density at radius 1 is 0.482 bits per heavy atom. The van der Waals surface area contributed by atoms with Crippen molar-refractivity contribution < 1.29 is 58.1 Å². The van der Waals surface area contributed by atoms with E-state index >= 15 is 0 Å². The van der Waals surface area contributed by atoms with Crippen LogP contribution in [0.2, 0.25) is 0 Å². The third-order valence-electron chi connectivity index (χ3n) is 17.0. The average Bonchev–Trinajstić information content (AvgIpc) is 4.60. The molecule has 2 aliphatic heterocycles. The monoisotopic (exact) mass is 1130 g/mol. The van der Waals surface area contributed by atoms with Crippen LogP contribution >= 0.6 is 0 Å². The Morgan fingerprint density at radius 3 is 1.19 bits per heavy atom. The van der Waals surface area contributed by atoms with E-state index in [0.717, 1.165) is 35.1 Å². The van der Waals surface area contributed by atoms with Crippen molar-refractivity contribution in [2.24, 2.45) is 23.7 Å². The fourth-order valence-corrected chi connectivity index (χ4v) is 12.0. The molecule has 20 nitrogen and oxygen atoms in total. The minimum Gasteiger partial charge on any atom is -0.483 e. The summed E-state index contributed by atoms with van der Waals surface area (Å²) in [7, 11) is 0. The number of hydrogen-bond acceptors (Lipinski definition) is 11. The van der Waals surface area contributed by atoms with Gasteiger partial charge in [-0.25, -0.2) is 4.79 Å². The number of carbonyl (C=O) groups excluding carboxylic acids is 8. The van der Waals surface area contributed by atoms with Gasteiger partial charge in [-0.1, -0.05) is 121 Å². The fraction of sp³-hybridized carbons (Fsp3) is 0.381. The highest BCUT2D eigenvalue weighted by atomic mass is 16.5. The van der Waals surface area contributed by atoms with E-state index in [2.05, 4.69) is 31.9 Å². The lowest BCUT2D eigenvalue weighted by molar-refractivity contribution is -0.142. The Kier molecular flexibility index (Phi) is 16.4. The van der Waals surface area contributed by atoms with Gasteiger partial charge in [-0.05, 0) is 66.1 Å². The van der Waals surface area contributed by atoms with Gasteiger partial charge in [-0.2, -0.15) is 0 Å². The zero-order valence-corrected chi connectivity index (χ0v) is 45.4. The molecule has 13 atom stereocenters. The number of nitrogens with one attached hydrogen (secondary N) is 6. The lowest BCUT2D eigenvalue weighted by atomic mass is 9.94. The van der Waals surface area contributed by atoms with Gasteiger partial charge in [0.2, 0.25) is 29.5 Å². The number of carboxylic acids is 1. The molecule has 6 aliphatic rings. The van der Waals surface area contributed by atoms with Crippen LogP contribution in [0.4, 0.5) is 0 Å². The SMILES string of the molecule is O=C(COc1cc(C(=O)N2C[C@@H](C(=O)N[C@H]3C[C@@H]3c3ccccc3)[C@H](C(=O)N[C@H]3C[C@@H]3c3ccccc3)C2)ccc1C(=O)N1C[C@@H](C(=O)N[C@H]2C[C@@H]2c2ccccc2)[C@H](C(=O)N[C@H]2C[C@@H]2c2ccccc2)C1)NCC(=O)N[C@@H](CO)C(=O)O. The van der Waals surface area contributed by atoms with Crippen LogP contribution < -0.4 is 36.6 Å². The number of amides is 8. The number of likely N-dealkylation sites (tertiary alicyclic amines) is 2. The Bertz CT molecular complexity index is 3130. The normalized spacial score (nSPS) is 26.5. The number of carboxylic acid groups (broad SMARTS) is 1. The van der Waals surface area contributed by atoms with Gasteiger partial charge in [-0.15, -0.1) is 0 Å². The summed E-state index contributed by atoms with van der Waals surface area (Å²) in [6.07, 6.45) is 2.87. The van der Waals surface area contributed by atoms with Crippen LogP contribution in [0, 0.1) is 23.7 Å². The standard InChI is InChI=1S/C63H66N8O12/c72-33-53(63(81)82)65-55(73)28-64-56(74)34-83-54-23-39(61(79)70-29-45(57(75)66-49-24-41(49)35-13-5-1-6-14-35)46(30-70)58(76)67-50-25-42(50)36-15-7-2-8-16-36)21-22-40(54)62(80)71-31-47(59(77)68-51-26-43(51)37-17-9-3-10-18-37)48(32-71)60(78)69-52-27-44(52)38-19-11-4-12-20-38/h1-23,41-53,72H,24-34H2,(H,64,74)(H,65,73)(H,66,75)(H,67,76)(H,68,77)(H,69,78)(H,81,82)/t41-,42-,43-,44-,45-,46-,47-,48-,49+,50+,51+,52+,53+/m1/s1. The van der Waals surface area contributed by atoms with Crippen LogP contribution in [-0.4, -0.2) is 149 Å². The highest BCUT2D eigenvalue weighted by molar-refractivity contribution is 6.02. The minimum atomic E-state index is -1.62. The fourth-order valence-electron chi connectivity index (χ4n) is 12.0. The molecule has 8 amide bonds. The Labute approximate surface area is 479 Å². The molecule has 5 aromatic rings. The van der Waals surface area contributed by atoms with Gasteiger partial charge in [0.1, 0.15) is 11.8 Å². The maximum absolute atomic E-state index is 15.0. The number of aliphatic carboxylic acids is 1. The number of carbonyl (C=O) groups is 9. The molecule has 430 valence electrons. The predicted octanol–water partition coefficient (Wildman–Crippen LogP) is 2.81. The van der Waals surface area contributed by atoms with Crippen molar-refractivity contribution in [3.63, 3.8) is 0 Å². The first-order chi connectivity index (χ1) is 40.2. The summed E-state index contributed by atoms with van der Waals surface area (Å²) in [6, 6.07) is 41.0. The van der Waals surface area contributed by atoms with Crippen molar-refractivity contribution >= 4 is 53.2 Å². The molecule has 83 heavy (non-hydrogen) atoms. The van der Waals surface area contributed by atoms with Crippen molar-refractivity contribution in [2.45, 2.75) is 79.6 Å². The quantitative estimate of drug-likeness (QED) is 0.0497. The van der Waals surface area contributed by atoms with E-state index in [9.17, 15) is 53.4 Å². The molecule has 8 N–H and O–H groups in total. The zero-order chi connectivity index (χ0) is 57.9. The number of aliphatic hydroxyl groups excluding tert-OH is 1. The Hall–Kier alpha value is -8.91.